The molecular formula is C22H25FN4O3S. The SMILES string of the molecule is O=S(=O)(c1ccc2c(c1)c(NCc1ccc(F)cc1)nn2C1CC1)N1CCC(O)CC1. The number of hydrogen-bond acceptors (Lipinski definition) is 5. The van der Waals surface area contributed by atoms with Crippen LogP contribution in [0.25, 0.3) is 10.9 Å². The van der Waals surface area contributed by atoms with Gasteiger partial charge in [-0.1, -0.05) is 12.1 Å². The second-order valence-electron chi connectivity index (χ2n) is 8.32. The molecule has 7 nitrogen and oxygen atoms in total. The highest BCUT2D eigenvalue weighted by molar-refractivity contribution is 7.89. The smallest absolute Gasteiger partial charge is 0.243 e. The molecule has 5 rings (SSSR count). The first-order valence-corrected chi connectivity index (χ1v) is 12.0. The van der Waals surface area contributed by atoms with Crippen molar-refractivity contribution in [2.45, 2.75) is 49.3 Å². The zero-order valence-corrected chi connectivity index (χ0v) is 17.9. The first-order chi connectivity index (χ1) is 14.9. The van der Waals surface area contributed by atoms with Crippen molar-refractivity contribution in [1.82, 2.24) is 14.1 Å². The predicted molar refractivity (Wildman–Crippen MR) is 116 cm³/mol. The Kier molecular flexibility index (Phi) is 5.19. The third kappa shape index (κ3) is 4.05. The number of benzene rings is 2. The Hall–Kier alpha value is -2.49. The Morgan fingerprint density at radius 3 is 2.45 bits per heavy atom. The zero-order chi connectivity index (χ0) is 21.6. The predicted octanol–water partition coefficient (Wildman–Crippen LogP) is 3.27. The molecule has 0 unspecified atom stereocenters. The number of rotatable bonds is 6. The second kappa shape index (κ2) is 7.89. The van der Waals surface area contributed by atoms with Crippen LogP contribution in [0.2, 0.25) is 0 Å². The van der Waals surface area contributed by atoms with Crippen molar-refractivity contribution in [2.24, 2.45) is 0 Å². The van der Waals surface area contributed by atoms with Gasteiger partial charge in [-0.25, -0.2) is 12.8 Å². The summed E-state index contributed by atoms with van der Waals surface area (Å²) in [6, 6.07) is 11.8. The normalized spacial score (nSPS) is 18.5. The largest absolute Gasteiger partial charge is 0.393 e. The van der Waals surface area contributed by atoms with E-state index in [0.29, 0.717) is 44.3 Å². The molecule has 2 heterocycles. The maximum atomic E-state index is 13.2. The van der Waals surface area contributed by atoms with E-state index in [0.717, 1.165) is 29.3 Å². The van der Waals surface area contributed by atoms with Gasteiger partial charge in [-0.15, -0.1) is 0 Å². The highest BCUT2D eigenvalue weighted by Crippen LogP contribution is 2.39. The number of hydrogen-bond donors (Lipinski definition) is 2. The average molecular weight is 445 g/mol. The van der Waals surface area contributed by atoms with E-state index in [1.54, 1.807) is 24.3 Å². The summed E-state index contributed by atoms with van der Waals surface area (Å²) >= 11 is 0. The maximum absolute atomic E-state index is 13.2. The minimum Gasteiger partial charge on any atom is -0.393 e. The number of sulfonamides is 1. The van der Waals surface area contributed by atoms with Crippen LogP contribution in [0.15, 0.2) is 47.4 Å². The highest BCUT2D eigenvalue weighted by atomic mass is 32.2. The van der Waals surface area contributed by atoms with Crippen LogP contribution < -0.4 is 5.32 Å². The van der Waals surface area contributed by atoms with Gasteiger partial charge in [-0.3, -0.25) is 4.68 Å². The minimum atomic E-state index is -3.65. The van der Waals surface area contributed by atoms with E-state index in [1.807, 2.05) is 10.7 Å². The maximum Gasteiger partial charge on any atom is 0.243 e. The number of fused-ring (bicyclic) bond motifs is 1. The number of piperidine rings is 1. The Bertz CT molecular complexity index is 1200. The molecule has 3 aromatic rings. The number of halogens is 1. The molecule has 31 heavy (non-hydrogen) atoms. The lowest BCUT2D eigenvalue weighted by molar-refractivity contribution is 0.113. The van der Waals surface area contributed by atoms with Gasteiger partial charge in [0.15, 0.2) is 5.82 Å². The third-order valence-electron chi connectivity index (χ3n) is 6.00. The lowest BCUT2D eigenvalue weighted by atomic mass is 10.1. The monoisotopic (exact) mass is 444 g/mol. The fraction of sp³-hybridized carbons (Fsp3) is 0.409. The Morgan fingerprint density at radius 1 is 1.06 bits per heavy atom. The molecule has 1 saturated carbocycles. The van der Waals surface area contributed by atoms with Crippen molar-refractivity contribution < 1.29 is 17.9 Å². The van der Waals surface area contributed by atoms with E-state index in [9.17, 15) is 17.9 Å². The molecule has 0 bridgehead atoms. The molecule has 0 spiro atoms. The molecule has 0 amide bonds. The molecule has 1 saturated heterocycles. The molecule has 2 aromatic carbocycles. The first-order valence-electron chi connectivity index (χ1n) is 10.6. The number of aliphatic hydroxyl groups excluding tert-OH is 1. The molecule has 2 fully saturated rings. The number of aromatic nitrogens is 2. The van der Waals surface area contributed by atoms with Crippen LogP contribution in [0.5, 0.6) is 0 Å². The number of nitrogens with zero attached hydrogens (tertiary/aromatic N) is 3. The van der Waals surface area contributed by atoms with Crippen molar-refractivity contribution in [1.29, 1.82) is 0 Å². The van der Waals surface area contributed by atoms with Crippen LogP contribution in [-0.2, 0) is 16.6 Å². The molecule has 1 aliphatic heterocycles. The van der Waals surface area contributed by atoms with Gasteiger partial charge in [0.05, 0.1) is 22.6 Å². The summed E-state index contributed by atoms with van der Waals surface area (Å²) in [4.78, 5) is 0.233. The van der Waals surface area contributed by atoms with Crippen molar-refractivity contribution in [3.8, 4) is 0 Å². The summed E-state index contributed by atoms with van der Waals surface area (Å²) in [6.45, 7) is 1.09. The van der Waals surface area contributed by atoms with Crippen LogP contribution >= 0.6 is 0 Å². The average Bonchev–Trinajstić information content (AvgIpc) is 3.55. The van der Waals surface area contributed by atoms with E-state index in [1.165, 1.54) is 16.4 Å². The van der Waals surface area contributed by atoms with Gasteiger partial charge in [0.2, 0.25) is 10.0 Å². The first kappa shape index (κ1) is 20.4. The number of anilines is 1. The summed E-state index contributed by atoms with van der Waals surface area (Å²) in [5.74, 6) is 0.338. The fourth-order valence-corrected chi connectivity index (χ4v) is 5.52. The lowest BCUT2D eigenvalue weighted by Crippen LogP contribution is -2.39. The van der Waals surface area contributed by atoms with Crippen molar-refractivity contribution in [2.75, 3.05) is 18.4 Å². The Balaban J connectivity index is 1.47. The number of nitrogens with one attached hydrogen (secondary N) is 1. The summed E-state index contributed by atoms with van der Waals surface area (Å²) in [5, 5.41) is 18.5. The second-order valence-corrected chi connectivity index (χ2v) is 10.3. The van der Waals surface area contributed by atoms with Crippen LogP contribution in [0.1, 0.15) is 37.3 Å². The molecule has 1 aromatic heterocycles. The van der Waals surface area contributed by atoms with Crippen LogP contribution in [0.4, 0.5) is 10.2 Å². The van der Waals surface area contributed by atoms with E-state index in [4.69, 9.17) is 5.10 Å². The van der Waals surface area contributed by atoms with Crippen molar-refractivity contribution in [3.63, 3.8) is 0 Å². The lowest BCUT2D eigenvalue weighted by Gasteiger charge is -2.28. The molecule has 2 N–H and O–H groups in total. The molecule has 164 valence electrons. The van der Waals surface area contributed by atoms with Crippen molar-refractivity contribution in [3.05, 3.63) is 53.8 Å². The molecule has 2 aliphatic rings. The summed E-state index contributed by atoms with van der Waals surface area (Å²) in [7, 11) is -3.65. The van der Waals surface area contributed by atoms with Crippen LogP contribution in [0.3, 0.4) is 0 Å². The molecule has 1 aliphatic carbocycles. The standard InChI is InChI=1S/C22H25FN4O3S/c23-16-3-1-15(2-4-16)14-24-22-20-13-19(7-8-21(20)27(25-22)17-5-6-17)31(29,30)26-11-9-18(28)10-12-26/h1-4,7-8,13,17-18,28H,5-6,9-12,14H2,(H,24,25). The topological polar surface area (TPSA) is 87.5 Å². The van der Waals surface area contributed by atoms with Gasteiger partial charge in [-0.05, 0) is 61.6 Å². The van der Waals surface area contributed by atoms with Gasteiger partial charge in [-0.2, -0.15) is 9.40 Å². The quantitative estimate of drug-likeness (QED) is 0.609. The van der Waals surface area contributed by atoms with Crippen LogP contribution in [-0.4, -0.2) is 46.8 Å². The minimum absolute atomic E-state index is 0.233. The highest BCUT2D eigenvalue weighted by Gasteiger charge is 2.31. The molecule has 0 radical (unpaired) electrons. The summed E-state index contributed by atoms with van der Waals surface area (Å²) in [5.41, 5.74) is 1.81. The van der Waals surface area contributed by atoms with Gasteiger partial charge in [0, 0.05) is 25.0 Å². The summed E-state index contributed by atoms with van der Waals surface area (Å²) < 4.78 is 42.9. The van der Waals surface area contributed by atoms with E-state index < -0.39 is 16.1 Å². The fourth-order valence-electron chi connectivity index (χ4n) is 4.03. The van der Waals surface area contributed by atoms with E-state index in [2.05, 4.69) is 5.32 Å². The molecule has 9 heteroatoms. The van der Waals surface area contributed by atoms with Crippen LogP contribution in [0, 0.1) is 5.82 Å². The summed E-state index contributed by atoms with van der Waals surface area (Å²) in [6.07, 6.45) is 2.58. The van der Waals surface area contributed by atoms with Crippen molar-refractivity contribution >= 4 is 26.7 Å². The van der Waals surface area contributed by atoms with Gasteiger partial charge in [0.25, 0.3) is 0 Å². The molecule has 0 atom stereocenters. The third-order valence-corrected chi connectivity index (χ3v) is 7.90. The Morgan fingerprint density at radius 2 is 1.77 bits per heavy atom. The van der Waals surface area contributed by atoms with Gasteiger partial charge >= 0.3 is 0 Å². The zero-order valence-electron chi connectivity index (χ0n) is 17.0. The molecular weight excluding hydrogens is 419 g/mol. The van der Waals surface area contributed by atoms with Gasteiger partial charge in [0.1, 0.15) is 5.82 Å². The van der Waals surface area contributed by atoms with Gasteiger partial charge < -0.3 is 10.4 Å². The Labute approximate surface area is 180 Å². The van der Waals surface area contributed by atoms with E-state index in [-0.39, 0.29) is 10.7 Å². The van der Waals surface area contributed by atoms with E-state index >= 15 is 0 Å². The number of aliphatic hydroxyl groups is 1.